The lowest BCUT2D eigenvalue weighted by Gasteiger charge is -2.30. The fraction of sp³-hybridized carbons (Fsp3) is 0.522. The number of alkyl carbamates (subject to hydrolysis) is 1. The summed E-state index contributed by atoms with van der Waals surface area (Å²) in [6, 6.07) is 11.7. The molecule has 7 rings (SSSR count). The van der Waals surface area contributed by atoms with E-state index in [0.29, 0.717) is 31.2 Å². The summed E-state index contributed by atoms with van der Waals surface area (Å²) < 4.78 is 48.5. The highest BCUT2D eigenvalue weighted by Gasteiger charge is 2.62. The van der Waals surface area contributed by atoms with Crippen molar-refractivity contribution in [1.29, 1.82) is 0 Å². The number of para-hydroxylation sites is 2. The van der Waals surface area contributed by atoms with Gasteiger partial charge in [0.15, 0.2) is 0 Å². The van der Waals surface area contributed by atoms with E-state index in [2.05, 4.69) is 15.4 Å². The molecule has 4 amide bonds. The van der Waals surface area contributed by atoms with Gasteiger partial charge >= 0.3 is 16.3 Å². The maximum Gasteiger partial charge on any atom is 0.408 e. The van der Waals surface area contributed by atoms with Crippen LogP contribution in [0.1, 0.15) is 96.9 Å². The number of nitrogens with one attached hydrogen (secondary N) is 3. The average molecular weight is 933 g/mol. The van der Waals surface area contributed by atoms with Crippen LogP contribution in [0, 0.1) is 5.92 Å². The van der Waals surface area contributed by atoms with Gasteiger partial charge in [-0.25, -0.2) is 14.5 Å². The van der Waals surface area contributed by atoms with Crippen molar-refractivity contribution in [3.63, 3.8) is 0 Å². The van der Waals surface area contributed by atoms with Crippen LogP contribution in [-0.4, -0.2) is 113 Å². The molecule has 0 bridgehead atoms. The lowest BCUT2D eigenvalue weighted by atomic mass is 10.0. The number of fused-ring (bicyclic) bond motifs is 3. The zero-order valence-electron chi connectivity index (χ0n) is 38.3. The number of nitrogens with zero attached hydrogens (tertiary/aromatic N) is 5. The minimum atomic E-state index is -4.20. The molecule has 3 aliphatic rings. The van der Waals surface area contributed by atoms with Crippen LogP contribution in [0.15, 0.2) is 60.0 Å². The van der Waals surface area contributed by atoms with Crippen molar-refractivity contribution in [1.82, 2.24) is 39.1 Å². The van der Waals surface area contributed by atoms with Crippen molar-refractivity contribution < 1.29 is 41.8 Å². The number of rotatable bonds is 11. The lowest BCUT2D eigenvalue weighted by Crippen LogP contribution is -2.58. The second kappa shape index (κ2) is 19.1. The number of carbonyl (C=O) groups is 4. The van der Waals surface area contributed by atoms with Gasteiger partial charge in [-0.2, -0.15) is 17.7 Å². The van der Waals surface area contributed by atoms with Crippen LogP contribution in [0.4, 0.5) is 4.79 Å². The van der Waals surface area contributed by atoms with Gasteiger partial charge in [-0.15, -0.1) is 11.3 Å². The first kappa shape index (κ1) is 47.4. The minimum absolute atomic E-state index is 0.0118. The maximum atomic E-state index is 14.8. The molecule has 1 aliphatic carbocycles. The highest BCUT2D eigenvalue weighted by atomic mass is 32.2. The number of methoxy groups -OCH3 is 1. The topological polar surface area (TPSA) is 203 Å². The molecule has 350 valence electrons. The minimum Gasteiger partial charge on any atom is -0.496 e. The molecule has 0 spiro atoms. The van der Waals surface area contributed by atoms with Crippen molar-refractivity contribution in [2.45, 2.75) is 121 Å². The van der Waals surface area contributed by atoms with E-state index in [0.717, 1.165) is 50.2 Å². The van der Waals surface area contributed by atoms with Crippen LogP contribution >= 0.6 is 11.3 Å². The molecule has 4 heterocycles. The number of benzene rings is 2. The van der Waals surface area contributed by atoms with Gasteiger partial charge in [0.25, 0.3) is 11.9 Å². The molecule has 4 aromatic rings. The van der Waals surface area contributed by atoms with Crippen molar-refractivity contribution in [3.05, 3.63) is 71.3 Å². The molecule has 2 aromatic heterocycles. The first-order chi connectivity index (χ1) is 30.8. The highest BCUT2D eigenvalue weighted by Crippen LogP contribution is 2.46. The van der Waals surface area contributed by atoms with E-state index in [4.69, 9.17) is 24.2 Å². The third-order valence-electron chi connectivity index (χ3n) is 11.9. The number of allylic oxidation sites excluding steroid dienone is 1. The number of hydrogen-bond donors (Lipinski definition) is 3. The molecule has 0 radical (unpaired) electrons. The Morgan fingerprint density at radius 1 is 1.06 bits per heavy atom. The first-order valence-corrected chi connectivity index (χ1v) is 24.4. The van der Waals surface area contributed by atoms with Gasteiger partial charge in [-0.3, -0.25) is 19.0 Å². The van der Waals surface area contributed by atoms with Gasteiger partial charge in [0.1, 0.15) is 45.6 Å². The van der Waals surface area contributed by atoms with Gasteiger partial charge in [-0.05, 0) is 78.5 Å². The predicted octanol–water partition coefficient (Wildman–Crippen LogP) is 5.90. The molecule has 2 aliphatic heterocycles. The second-order valence-electron chi connectivity index (χ2n) is 18.4. The molecule has 19 heteroatoms. The first-order valence-electron chi connectivity index (χ1n) is 22.1. The van der Waals surface area contributed by atoms with Crippen LogP contribution in [0.25, 0.3) is 21.6 Å². The standard InChI is InChI=1S/C46H60N8O9S2/c1-28(2)54-35-21-16-19-33(40-47-31(27-64-40)23-29-17-14-15-22-37(29)61-8)38(35)49-43(54)62-32-24-36-39(55)50-46(42(57)51-65(59,60)52(6)7)25-30(46)18-12-10-9-11-13-20-34(41(56)53(36)26-32)48-44(58)63-45(3,4)5/h12,14-19,21-22,27-28,30,32,34,36H,9-11,13,20,23-26H2,1-8H3,(H,48,58)(H,50,55)(H,51,57)/b18-12-/t30-,32-,34+,36+,46-/m1/s1. The van der Waals surface area contributed by atoms with E-state index in [9.17, 15) is 27.6 Å². The molecule has 2 aromatic carbocycles. The summed E-state index contributed by atoms with van der Waals surface area (Å²) in [6.07, 6.45) is 6.08. The van der Waals surface area contributed by atoms with Crippen LogP contribution in [0.2, 0.25) is 0 Å². The Labute approximate surface area is 384 Å². The van der Waals surface area contributed by atoms with E-state index in [1.807, 2.05) is 78.4 Å². The summed E-state index contributed by atoms with van der Waals surface area (Å²) in [5, 5.41) is 8.46. The van der Waals surface area contributed by atoms with Crippen molar-refractivity contribution in [2.75, 3.05) is 27.7 Å². The number of thiazole rings is 1. The Balaban J connectivity index is 1.21. The third-order valence-corrected chi connectivity index (χ3v) is 14.2. The molecule has 17 nitrogen and oxygen atoms in total. The zero-order chi connectivity index (χ0) is 46.8. The average Bonchev–Trinajstić information content (AvgIpc) is 3.55. The number of carbonyl (C=O) groups excluding carboxylic acids is 4. The largest absolute Gasteiger partial charge is 0.496 e. The maximum absolute atomic E-state index is 14.8. The zero-order valence-corrected chi connectivity index (χ0v) is 39.9. The Morgan fingerprint density at radius 2 is 1.83 bits per heavy atom. The molecular formula is C46H60N8O9S2. The number of amides is 4. The molecule has 1 saturated heterocycles. The van der Waals surface area contributed by atoms with Crippen molar-refractivity contribution >= 4 is 56.4 Å². The van der Waals surface area contributed by atoms with Crippen LogP contribution in [-0.2, 0) is 35.8 Å². The van der Waals surface area contributed by atoms with E-state index in [1.54, 1.807) is 27.9 Å². The van der Waals surface area contributed by atoms with Gasteiger partial charge < -0.3 is 29.7 Å². The summed E-state index contributed by atoms with van der Waals surface area (Å²) in [5.41, 5.74) is 1.80. The van der Waals surface area contributed by atoms with E-state index in [-0.39, 0.29) is 31.4 Å². The third kappa shape index (κ3) is 10.6. The number of hydrogen-bond acceptors (Lipinski definition) is 12. The van der Waals surface area contributed by atoms with Crippen LogP contribution in [0.3, 0.4) is 0 Å². The molecule has 3 N–H and O–H groups in total. The quantitative estimate of drug-likeness (QED) is 0.151. The fourth-order valence-electron chi connectivity index (χ4n) is 8.47. The fourth-order valence-corrected chi connectivity index (χ4v) is 9.91. The second-order valence-corrected chi connectivity index (χ2v) is 21.1. The lowest BCUT2D eigenvalue weighted by molar-refractivity contribution is -0.141. The van der Waals surface area contributed by atoms with Gasteiger partial charge in [-0.1, -0.05) is 49.3 Å². The van der Waals surface area contributed by atoms with E-state index >= 15 is 0 Å². The van der Waals surface area contributed by atoms with E-state index in [1.165, 1.54) is 30.3 Å². The monoisotopic (exact) mass is 932 g/mol. The summed E-state index contributed by atoms with van der Waals surface area (Å²) in [4.78, 5) is 67.9. The Bertz CT molecular complexity index is 2560. The SMILES string of the molecule is COc1ccccc1Cc1csc(-c2cccc3c2nc(O[C@@H]2C[C@H]4C(=O)N[C@]5(C(=O)NS(=O)(=O)N(C)C)C[C@H]5/C=C\CCCCC[C@H](NC(=O)OC(C)(C)C)C(=O)N4C2)n3C(C)C)n1. The summed E-state index contributed by atoms with van der Waals surface area (Å²) >= 11 is 1.51. The van der Waals surface area contributed by atoms with Crippen LogP contribution in [0.5, 0.6) is 11.8 Å². The Hall–Kier alpha value is -5.53. The molecule has 0 unspecified atom stereocenters. The van der Waals surface area contributed by atoms with Crippen molar-refractivity contribution in [3.8, 4) is 22.3 Å². The van der Waals surface area contributed by atoms with Crippen molar-refractivity contribution in [2.24, 2.45) is 5.92 Å². The molecule has 2 fully saturated rings. The normalized spacial score (nSPS) is 23.5. The molecule has 1 saturated carbocycles. The Morgan fingerprint density at radius 3 is 2.55 bits per heavy atom. The van der Waals surface area contributed by atoms with Gasteiger partial charge in [0.05, 0.1) is 24.9 Å². The number of ether oxygens (including phenoxy) is 3. The van der Waals surface area contributed by atoms with Gasteiger partial charge in [0.2, 0.25) is 11.8 Å². The summed E-state index contributed by atoms with van der Waals surface area (Å²) in [5.74, 6) is -1.74. The summed E-state index contributed by atoms with van der Waals surface area (Å²) in [7, 11) is 0.0462. The Kier molecular flexibility index (Phi) is 14.0. The van der Waals surface area contributed by atoms with Crippen LogP contribution < -0.4 is 24.8 Å². The van der Waals surface area contributed by atoms with E-state index < -0.39 is 69.3 Å². The summed E-state index contributed by atoms with van der Waals surface area (Å²) in [6.45, 7) is 9.17. The predicted molar refractivity (Wildman–Crippen MR) is 247 cm³/mol. The smallest absolute Gasteiger partial charge is 0.408 e. The molecule has 5 atom stereocenters. The molecule has 65 heavy (non-hydrogen) atoms. The number of imidazole rings is 1. The van der Waals surface area contributed by atoms with Gasteiger partial charge in [0, 0.05) is 55.4 Å². The number of aromatic nitrogens is 3. The highest BCUT2D eigenvalue weighted by molar-refractivity contribution is 7.87. The molecular weight excluding hydrogens is 873 g/mol.